The van der Waals surface area contributed by atoms with Crippen LogP contribution in [0.5, 0.6) is 5.75 Å². The van der Waals surface area contributed by atoms with Gasteiger partial charge in [-0.25, -0.2) is 4.79 Å². The van der Waals surface area contributed by atoms with Crippen molar-refractivity contribution in [1.29, 1.82) is 0 Å². The van der Waals surface area contributed by atoms with Gasteiger partial charge in [0, 0.05) is 17.6 Å². The zero-order valence-corrected chi connectivity index (χ0v) is 11.7. The molecule has 1 fully saturated rings. The summed E-state index contributed by atoms with van der Waals surface area (Å²) in [6.07, 6.45) is 3.43. The Morgan fingerprint density at radius 3 is 2.38 bits per heavy atom. The van der Waals surface area contributed by atoms with Gasteiger partial charge in [-0.3, -0.25) is 4.79 Å². The standard InChI is InChI=1S/C15H20N2O4/c16-11-3-1-10(2-4-11)15(20)17-12-5-7-13(8-6-12)21-9-14(18)19/h5-8,10-11H,1-4,9,16H2,(H,17,20)(H,18,19). The van der Waals surface area contributed by atoms with Crippen molar-refractivity contribution in [1.82, 2.24) is 0 Å². The molecular formula is C15H20N2O4. The van der Waals surface area contributed by atoms with Gasteiger partial charge in [0.25, 0.3) is 0 Å². The van der Waals surface area contributed by atoms with Crippen LogP contribution in [0.3, 0.4) is 0 Å². The largest absolute Gasteiger partial charge is 0.482 e. The van der Waals surface area contributed by atoms with Gasteiger partial charge < -0.3 is 20.9 Å². The predicted octanol–water partition coefficient (Wildman–Crippen LogP) is 1.61. The van der Waals surface area contributed by atoms with Gasteiger partial charge in [0.15, 0.2) is 6.61 Å². The minimum atomic E-state index is -1.03. The number of carbonyl (C=O) groups excluding carboxylic acids is 1. The van der Waals surface area contributed by atoms with Crippen molar-refractivity contribution in [3.63, 3.8) is 0 Å². The molecule has 0 saturated heterocycles. The average molecular weight is 292 g/mol. The van der Waals surface area contributed by atoms with Gasteiger partial charge in [-0.15, -0.1) is 0 Å². The van der Waals surface area contributed by atoms with E-state index < -0.39 is 5.97 Å². The second kappa shape index (κ2) is 7.08. The molecule has 4 N–H and O–H groups in total. The maximum absolute atomic E-state index is 12.1. The molecule has 1 amide bonds. The number of anilines is 1. The van der Waals surface area contributed by atoms with E-state index in [0.717, 1.165) is 25.7 Å². The fraction of sp³-hybridized carbons (Fsp3) is 0.467. The number of carboxylic acids is 1. The lowest BCUT2D eigenvalue weighted by atomic mass is 9.86. The first-order chi connectivity index (χ1) is 10.0. The molecule has 0 radical (unpaired) electrons. The molecule has 114 valence electrons. The van der Waals surface area contributed by atoms with Crippen molar-refractivity contribution < 1.29 is 19.4 Å². The molecule has 0 heterocycles. The van der Waals surface area contributed by atoms with Crippen LogP contribution < -0.4 is 15.8 Å². The van der Waals surface area contributed by atoms with Gasteiger partial charge in [-0.1, -0.05) is 0 Å². The fourth-order valence-corrected chi connectivity index (χ4v) is 2.41. The lowest BCUT2D eigenvalue weighted by Crippen LogP contribution is -2.32. The Bertz CT molecular complexity index is 493. The summed E-state index contributed by atoms with van der Waals surface area (Å²) in [5.74, 6) is -0.532. The van der Waals surface area contributed by atoms with Crippen LogP contribution in [-0.2, 0) is 9.59 Å². The third-order valence-corrected chi connectivity index (χ3v) is 3.63. The van der Waals surface area contributed by atoms with Crippen LogP contribution in [0.25, 0.3) is 0 Å². The summed E-state index contributed by atoms with van der Waals surface area (Å²) in [4.78, 5) is 22.5. The van der Waals surface area contributed by atoms with Crippen LogP contribution >= 0.6 is 0 Å². The van der Waals surface area contributed by atoms with E-state index in [2.05, 4.69) is 5.32 Å². The zero-order chi connectivity index (χ0) is 15.2. The molecule has 2 rings (SSSR count). The normalized spacial score (nSPS) is 21.6. The molecule has 1 aliphatic rings. The van der Waals surface area contributed by atoms with Crippen LogP contribution in [0.1, 0.15) is 25.7 Å². The van der Waals surface area contributed by atoms with Gasteiger partial charge in [-0.2, -0.15) is 0 Å². The highest BCUT2D eigenvalue weighted by molar-refractivity contribution is 5.92. The van der Waals surface area contributed by atoms with Crippen molar-refractivity contribution >= 4 is 17.6 Å². The predicted molar refractivity (Wildman–Crippen MR) is 78.1 cm³/mol. The topological polar surface area (TPSA) is 102 Å². The number of carboxylic acid groups (broad SMARTS) is 1. The van der Waals surface area contributed by atoms with E-state index in [1.54, 1.807) is 24.3 Å². The number of benzene rings is 1. The van der Waals surface area contributed by atoms with Gasteiger partial charge in [-0.05, 0) is 49.9 Å². The third kappa shape index (κ3) is 4.75. The summed E-state index contributed by atoms with van der Waals surface area (Å²) in [5, 5.41) is 11.4. The number of amides is 1. The quantitative estimate of drug-likeness (QED) is 0.765. The summed E-state index contributed by atoms with van der Waals surface area (Å²) < 4.78 is 5.03. The number of rotatable bonds is 5. The second-order valence-corrected chi connectivity index (χ2v) is 5.31. The minimum absolute atomic E-state index is 0.0149. The Hall–Kier alpha value is -2.08. The summed E-state index contributed by atoms with van der Waals surface area (Å²) in [6.45, 7) is -0.381. The first kappa shape index (κ1) is 15.3. The van der Waals surface area contributed by atoms with E-state index in [9.17, 15) is 9.59 Å². The Labute approximate surface area is 123 Å². The van der Waals surface area contributed by atoms with Gasteiger partial charge in [0.2, 0.25) is 5.91 Å². The molecule has 1 aliphatic carbocycles. The molecular weight excluding hydrogens is 272 g/mol. The highest BCUT2D eigenvalue weighted by atomic mass is 16.5. The molecule has 1 aromatic rings. The van der Waals surface area contributed by atoms with Gasteiger partial charge >= 0.3 is 5.97 Å². The monoisotopic (exact) mass is 292 g/mol. The van der Waals surface area contributed by atoms with Crippen molar-refractivity contribution in [2.45, 2.75) is 31.7 Å². The Balaban J connectivity index is 1.85. The van der Waals surface area contributed by atoms with Crippen molar-refractivity contribution in [2.24, 2.45) is 11.7 Å². The minimum Gasteiger partial charge on any atom is -0.482 e. The van der Waals surface area contributed by atoms with Crippen molar-refractivity contribution in [2.75, 3.05) is 11.9 Å². The maximum Gasteiger partial charge on any atom is 0.341 e. The molecule has 0 aliphatic heterocycles. The second-order valence-electron chi connectivity index (χ2n) is 5.31. The van der Waals surface area contributed by atoms with E-state index in [1.165, 1.54) is 0 Å². The highest BCUT2D eigenvalue weighted by Crippen LogP contribution is 2.25. The number of aliphatic carboxylic acids is 1. The Morgan fingerprint density at radius 2 is 1.81 bits per heavy atom. The highest BCUT2D eigenvalue weighted by Gasteiger charge is 2.24. The van der Waals surface area contributed by atoms with E-state index in [-0.39, 0.29) is 24.5 Å². The van der Waals surface area contributed by atoms with Crippen LogP contribution in [0.2, 0.25) is 0 Å². The molecule has 0 spiro atoms. The number of hydrogen-bond acceptors (Lipinski definition) is 4. The number of carbonyl (C=O) groups is 2. The summed E-state index contributed by atoms with van der Waals surface area (Å²) in [6, 6.07) is 6.89. The molecule has 1 aromatic carbocycles. The van der Waals surface area contributed by atoms with Crippen LogP contribution in [0, 0.1) is 5.92 Å². The third-order valence-electron chi connectivity index (χ3n) is 3.63. The summed E-state index contributed by atoms with van der Waals surface area (Å²) in [5.41, 5.74) is 6.51. The van der Waals surface area contributed by atoms with E-state index in [1.807, 2.05) is 0 Å². The molecule has 0 unspecified atom stereocenters. The number of nitrogens with one attached hydrogen (secondary N) is 1. The maximum atomic E-state index is 12.1. The molecule has 0 atom stereocenters. The number of hydrogen-bond donors (Lipinski definition) is 3. The van der Waals surface area contributed by atoms with Crippen LogP contribution in [0.4, 0.5) is 5.69 Å². The molecule has 21 heavy (non-hydrogen) atoms. The molecule has 1 saturated carbocycles. The number of nitrogens with two attached hydrogens (primary N) is 1. The zero-order valence-electron chi connectivity index (χ0n) is 11.7. The molecule has 6 nitrogen and oxygen atoms in total. The Morgan fingerprint density at radius 1 is 1.19 bits per heavy atom. The average Bonchev–Trinajstić information content (AvgIpc) is 2.47. The van der Waals surface area contributed by atoms with Crippen molar-refractivity contribution in [3.05, 3.63) is 24.3 Å². The summed E-state index contributed by atoms with van der Waals surface area (Å²) >= 11 is 0. The smallest absolute Gasteiger partial charge is 0.341 e. The first-order valence-electron chi connectivity index (χ1n) is 7.05. The van der Waals surface area contributed by atoms with E-state index >= 15 is 0 Å². The molecule has 6 heteroatoms. The fourth-order valence-electron chi connectivity index (χ4n) is 2.41. The van der Waals surface area contributed by atoms with Gasteiger partial charge in [0.1, 0.15) is 5.75 Å². The van der Waals surface area contributed by atoms with Crippen LogP contribution in [0.15, 0.2) is 24.3 Å². The lowest BCUT2D eigenvalue weighted by molar-refractivity contribution is -0.139. The Kier molecular flexibility index (Phi) is 5.16. The van der Waals surface area contributed by atoms with Crippen LogP contribution in [-0.4, -0.2) is 29.6 Å². The summed E-state index contributed by atoms with van der Waals surface area (Å²) in [7, 11) is 0. The van der Waals surface area contributed by atoms with E-state index in [0.29, 0.717) is 11.4 Å². The number of ether oxygens (including phenoxy) is 1. The SMILES string of the molecule is NC1CCC(C(=O)Nc2ccc(OCC(=O)O)cc2)CC1. The first-order valence-corrected chi connectivity index (χ1v) is 7.05. The van der Waals surface area contributed by atoms with Crippen molar-refractivity contribution in [3.8, 4) is 5.75 Å². The van der Waals surface area contributed by atoms with E-state index in [4.69, 9.17) is 15.6 Å². The van der Waals surface area contributed by atoms with Gasteiger partial charge in [0.05, 0.1) is 0 Å². The molecule has 0 aromatic heterocycles. The lowest BCUT2D eigenvalue weighted by Gasteiger charge is -2.25. The molecule has 0 bridgehead atoms.